The Hall–Kier alpha value is 0.920. The molecular formula is C18H46N4P4. The molecule has 158 valence electrons. The van der Waals surface area contributed by atoms with Gasteiger partial charge >= 0.3 is 0 Å². The van der Waals surface area contributed by atoms with Crippen LogP contribution in [0.25, 0.3) is 0 Å². The summed E-state index contributed by atoms with van der Waals surface area (Å²) in [4.78, 5) is 0. The van der Waals surface area contributed by atoms with Crippen LogP contribution in [0.4, 0.5) is 0 Å². The molecule has 0 aromatic carbocycles. The van der Waals surface area contributed by atoms with Crippen molar-refractivity contribution in [2.75, 3.05) is 63.0 Å². The van der Waals surface area contributed by atoms with Crippen LogP contribution in [0.2, 0.25) is 0 Å². The fraction of sp³-hybridized carbons (Fsp3) is 1.00. The van der Waals surface area contributed by atoms with Gasteiger partial charge in [0.2, 0.25) is 0 Å². The lowest BCUT2D eigenvalue weighted by Crippen LogP contribution is -1.99. The molecule has 0 fully saturated rings. The maximum Gasteiger partial charge on any atom is 0.0803 e. The lowest BCUT2D eigenvalue weighted by molar-refractivity contribution is 1.29. The highest BCUT2D eigenvalue weighted by Crippen LogP contribution is 2.77. The van der Waals surface area contributed by atoms with Crippen LogP contribution in [0.1, 0.15) is 55.4 Å². The molecule has 1 rings (SSSR count). The third-order valence-electron chi connectivity index (χ3n) is 5.88. The Kier molecular flexibility index (Phi) is 12.2. The van der Waals surface area contributed by atoms with E-state index in [9.17, 15) is 0 Å². The third kappa shape index (κ3) is 6.76. The second kappa shape index (κ2) is 11.8. The summed E-state index contributed by atoms with van der Waals surface area (Å²) >= 11 is 0. The van der Waals surface area contributed by atoms with E-state index >= 15 is 0 Å². The molecule has 0 amide bonds. The van der Waals surface area contributed by atoms with Gasteiger partial charge in [0, 0.05) is 7.05 Å². The lowest BCUT2D eigenvalue weighted by atomic mass is 11.0. The quantitative estimate of drug-likeness (QED) is 0.337. The highest BCUT2D eigenvalue weighted by molar-refractivity contribution is 7.87. The van der Waals surface area contributed by atoms with Crippen LogP contribution in [0.5, 0.6) is 0 Å². The first-order valence-electron chi connectivity index (χ1n) is 10.5. The third-order valence-corrected chi connectivity index (χ3v) is 23.6. The van der Waals surface area contributed by atoms with Crippen LogP contribution in [-0.2, 0) is 0 Å². The molecule has 0 aliphatic carbocycles. The van der Waals surface area contributed by atoms with Crippen molar-refractivity contribution in [2.24, 2.45) is 18.3 Å². The Morgan fingerprint density at radius 3 is 0.885 bits per heavy atom. The molecule has 0 spiro atoms. The zero-order chi connectivity index (χ0) is 20.5. The van der Waals surface area contributed by atoms with Crippen molar-refractivity contribution >= 4 is 28.7 Å². The molecule has 1 aliphatic heterocycles. The summed E-state index contributed by atoms with van der Waals surface area (Å²) < 4.78 is 20.3. The molecule has 0 atom stereocenters. The molecule has 0 aromatic rings. The van der Waals surface area contributed by atoms with Crippen molar-refractivity contribution < 1.29 is 0 Å². The monoisotopic (exact) mass is 442 g/mol. The molecule has 0 radical (unpaired) electrons. The minimum Gasteiger partial charge on any atom is -0.307 e. The van der Waals surface area contributed by atoms with E-state index in [0.717, 1.165) is 37.0 Å². The van der Waals surface area contributed by atoms with Crippen molar-refractivity contribution in [1.82, 2.24) is 0 Å². The van der Waals surface area contributed by atoms with Crippen LogP contribution >= 0.6 is 28.7 Å². The first-order chi connectivity index (χ1) is 12.2. The smallest absolute Gasteiger partial charge is 0.0803 e. The van der Waals surface area contributed by atoms with Gasteiger partial charge in [0.1, 0.15) is 0 Å². The maximum absolute atomic E-state index is 5.33. The topological polar surface area (TPSA) is 49.4 Å². The van der Waals surface area contributed by atoms with Gasteiger partial charge in [0.05, 0.1) is 21.6 Å². The normalized spacial score (nSPS) is 19.9. The fourth-order valence-electron chi connectivity index (χ4n) is 2.92. The Morgan fingerprint density at radius 1 is 0.577 bits per heavy atom. The maximum atomic E-state index is 5.33. The number of hydrogen-bond donors (Lipinski definition) is 0. The van der Waals surface area contributed by atoms with Crippen molar-refractivity contribution in [2.45, 2.75) is 55.4 Å². The van der Waals surface area contributed by atoms with Gasteiger partial charge in [-0.1, -0.05) is 55.4 Å². The number of nitrogens with zero attached hydrogens (tertiary/aromatic N) is 4. The molecule has 0 N–H and O–H groups in total. The van der Waals surface area contributed by atoms with Gasteiger partial charge in [-0.05, 0) is 63.0 Å². The molecule has 0 saturated carbocycles. The lowest BCUT2D eigenvalue weighted by Gasteiger charge is -2.35. The zero-order valence-corrected chi connectivity index (χ0v) is 22.8. The highest BCUT2D eigenvalue weighted by Gasteiger charge is 2.31. The van der Waals surface area contributed by atoms with Crippen LogP contribution in [0, 0.1) is 0 Å². The summed E-state index contributed by atoms with van der Waals surface area (Å²) in [5.41, 5.74) is 0. The Balaban J connectivity index is 0.000000660. The van der Waals surface area contributed by atoms with Gasteiger partial charge in [-0.15, -0.1) is 0 Å². The minimum absolute atomic E-state index is 0.787. The SMILES string of the molecule is CCP(C)(CC)=NC.CCP1(CC)=NP(CC)(CC)=NP(CC)(CC)=N1. The Morgan fingerprint density at radius 2 is 0.808 bits per heavy atom. The molecule has 1 heterocycles. The van der Waals surface area contributed by atoms with E-state index in [1.807, 2.05) is 7.05 Å². The summed E-state index contributed by atoms with van der Waals surface area (Å²) in [7, 11) is -3.06. The zero-order valence-electron chi connectivity index (χ0n) is 19.2. The number of hydrogen-bond acceptors (Lipinski definition) is 4. The molecule has 1 aliphatic rings. The molecule has 0 bridgehead atoms. The average Bonchev–Trinajstić information content (AvgIpc) is 2.72. The van der Waals surface area contributed by atoms with E-state index in [1.54, 1.807) is 0 Å². The predicted molar refractivity (Wildman–Crippen MR) is 134 cm³/mol. The molecule has 0 saturated heterocycles. The van der Waals surface area contributed by atoms with Gasteiger partial charge in [-0.25, -0.2) is 13.5 Å². The standard InChI is InChI=1S/C12H30N3P3.C6H16NP/c1-7-16(8-2)13-17(9-3,10-4)15-18(11-5,12-6)14-16;1-5-8(4,6-2)7-3/h7-12H2,1-6H3;5-6H2,1-4H3. The highest BCUT2D eigenvalue weighted by atomic mass is 31.3. The van der Waals surface area contributed by atoms with Crippen molar-refractivity contribution in [3.8, 4) is 0 Å². The summed E-state index contributed by atoms with van der Waals surface area (Å²) in [5, 5.41) is 0. The summed E-state index contributed by atoms with van der Waals surface area (Å²) in [5.74, 6) is 0. The van der Waals surface area contributed by atoms with Crippen LogP contribution in [0.3, 0.4) is 0 Å². The molecule has 8 heteroatoms. The van der Waals surface area contributed by atoms with E-state index in [1.165, 1.54) is 12.3 Å². The second-order valence-corrected chi connectivity index (χ2v) is 22.5. The van der Waals surface area contributed by atoms with Gasteiger partial charge < -0.3 is 4.74 Å². The summed E-state index contributed by atoms with van der Waals surface area (Å²) in [6, 6.07) is 0. The summed E-state index contributed by atoms with van der Waals surface area (Å²) in [6.07, 6.45) is 9.46. The molecule has 26 heavy (non-hydrogen) atoms. The molecule has 0 unspecified atom stereocenters. The van der Waals surface area contributed by atoms with Gasteiger partial charge in [-0.3, -0.25) is 0 Å². The van der Waals surface area contributed by atoms with Crippen LogP contribution in [0.15, 0.2) is 18.3 Å². The second-order valence-electron chi connectivity index (χ2n) is 6.97. The fourth-order valence-corrected chi connectivity index (χ4v) is 20.2. The van der Waals surface area contributed by atoms with Crippen LogP contribution < -0.4 is 0 Å². The molecular weight excluding hydrogens is 396 g/mol. The largest absolute Gasteiger partial charge is 0.307 e. The Labute approximate surface area is 165 Å². The first kappa shape index (κ1) is 26.9. The molecule has 0 aromatic heterocycles. The van der Waals surface area contributed by atoms with E-state index in [0.29, 0.717) is 0 Å². The van der Waals surface area contributed by atoms with Crippen LogP contribution in [-0.4, -0.2) is 63.0 Å². The average molecular weight is 442 g/mol. The minimum atomic E-state index is -1.41. The van der Waals surface area contributed by atoms with Crippen molar-refractivity contribution in [3.63, 3.8) is 0 Å². The van der Waals surface area contributed by atoms with E-state index < -0.39 is 28.7 Å². The van der Waals surface area contributed by atoms with Gasteiger partial charge in [0.25, 0.3) is 0 Å². The van der Waals surface area contributed by atoms with Crippen molar-refractivity contribution in [1.29, 1.82) is 0 Å². The first-order valence-corrected chi connectivity index (χ1v) is 19.2. The molecule has 4 nitrogen and oxygen atoms in total. The van der Waals surface area contributed by atoms with E-state index in [4.69, 9.17) is 13.5 Å². The number of rotatable bonds is 8. The predicted octanol–water partition coefficient (Wildman–Crippen LogP) is 8.96. The van der Waals surface area contributed by atoms with Gasteiger partial charge in [0.15, 0.2) is 0 Å². The van der Waals surface area contributed by atoms with E-state index in [-0.39, 0.29) is 0 Å². The Bertz CT molecular complexity index is 534. The van der Waals surface area contributed by atoms with E-state index in [2.05, 4.69) is 66.8 Å². The summed E-state index contributed by atoms with van der Waals surface area (Å²) in [6.45, 7) is 20.5. The van der Waals surface area contributed by atoms with Gasteiger partial charge in [-0.2, -0.15) is 0 Å². The van der Waals surface area contributed by atoms with Crippen molar-refractivity contribution in [3.05, 3.63) is 0 Å².